The van der Waals surface area contributed by atoms with Gasteiger partial charge in [0, 0.05) is 4.88 Å². The molecule has 2 N–H and O–H groups in total. The summed E-state index contributed by atoms with van der Waals surface area (Å²) in [5.41, 5.74) is -0.792. The predicted octanol–water partition coefficient (Wildman–Crippen LogP) is 0.306. The minimum absolute atomic E-state index is 0.0292. The maximum Gasteiger partial charge on any atom is 0.329 e. The second-order valence-electron chi connectivity index (χ2n) is 3.42. The van der Waals surface area contributed by atoms with Gasteiger partial charge in [0.1, 0.15) is 4.83 Å². The van der Waals surface area contributed by atoms with Crippen LogP contribution in [0.3, 0.4) is 0 Å². The summed E-state index contributed by atoms with van der Waals surface area (Å²) in [5, 5.41) is 9.31. The van der Waals surface area contributed by atoms with E-state index < -0.39 is 5.69 Å². The van der Waals surface area contributed by atoms with Gasteiger partial charge in [-0.3, -0.25) is 14.3 Å². The highest BCUT2D eigenvalue weighted by atomic mass is 32.1. The molecule has 0 spiro atoms. The Hall–Kier alpha value is -1.40. The van der Waals surface area contributed by atoms with Crippen LogP contribution in [0.25, 0.3) is 10.2 Å². The Morgan fingerprint density at radius 3 is 2.88 bits per heavy atom. The van der Waals surface area contributed by atoms with Crippen molar-refractivity contribution in [1.82, 2.24) is 9.55 Å². The second-order valence-corrected chi connectivity index (χ2v) is 4.56. The van der Waals surface area contributed by atoms with Gasteiger partial charge in [-0.25, -0.2) is 4.79 Å². The minimum atomic E-state index is -0.462. The van der Waals surface area contributed by atoms with Gasteiger partial charge in [0.05, 0.1) is 18.5 Å². The molecule has 0 amide bonds. The molecule has 16 heavy (non-hydrogen) atoms. The number of hydrogen-bond donors (Lipinski definition) is 2. The van der Waals surface area contributed by atoms with Gasteiger partial charge in [0.15, 0.2) is 0 Å². The van der Waals surface area contributed by atoms with E-state index in [1.54, 1.807) is 6.07 Å². The molecule has 0 aliphatic heterocycles. The molecule has 2 aromatic rings. The molecule has 0 bridgehead atoms. The van der Waals surface area contributed by atoms with Crippen LogP contribution in [-0.4, -0.2) is 21.3 Å². The smallest absolute Gasteiger partial charge is 0.329 e. The fraction of sp³-hybridized carbons (Fsp3) is 0.400. The Morgan fingerprint density at radius 1 is 1.50 bits per heavy atom. The summed E-state index contributed by atoms with van der Waals surface area (Å²) in [6.45, 7) is 1.80. The first kappa shape index (κ1) is 11.1. The molecule has 86 valence electrons. The molecule has 0 atom stereocenters. The van der Waals surface area contributed by atoms with Crippen molar-refractivity contribution in [3.63, 3.8) is 0 Å². The molecule has 2 rings (SSSR count). The molecule has 5 nitrogen and oxygen atoms in total. The van der Waals surface area contributed by atoms with Crippen LogP contribution < -0.4 is 11.2 Å². The molecule has 0 aromatic carbocycles. The predicted molar refractivity (Wildman–Crippen MR) is 63.2 cm³/mol. The van der Waals surface area contributed by atoms with Crippen molar-refractivity contribution in [2.24, 2.45) is 0 Å². The maximum atomic E-state index is 11.9. The number of hydrogen-bond acceptors (Lipinski definition) is 4. The fourth-order valence-corrected chi connectivity index (χ4v) is 2.55. The number of aromatic amines is 1. The van der Waals surface area contributed by atoms with Crippen LogP contribution in [0, 0.1) is 0 Å². The Morgan fingerprint density at radius 2 is 2.25 bits per heavy atom. The van der Waals surface area contributed by atoms with Gasteiger partial charge in [-0.1, -0.05) is 6.92 Å². The molecule has 0 unspecified atom stereocenters. The lowest BCUT2D eigenvalue weighted by atomic mass is 10.3. The van der Waals surface area contributed by atoms with Gasteiger partial charge in [-0.2, -0.15) is 0 Å². The second kappa shape index (κ2) is 4.23. The average Bonchev–Trinajstić information content (AvgIpc) is 2.67. The lowest BCUT2D eigenvalue weighted by molar-refractivity contribution is 0.272. The zero-order chi connectivity index (χ0) is 11.7. The van der Waals surface area contributed by atoms with Crippen LogP contribution >= 0.6 is 11.3 Å². The number of aliphatic hydroxyl groups excluding tert-OH is 1. The lowest BCUT2D eigenvalue weighted by Gasteiger charge is -2.00. The zero-order valence-corrected chi connectivity index (χ0v) is 9.63. The highest BCUT2D eigenvalue weighted by Gasteiger charge is 2.09. The van der Waals surface area contributed by atoms with Crippen LogP contribution in [0.15, 0.2) is 15.7 Å². The minimum Gasteiger partial charge on any atom is -0.395 e. The third-order valence-corrected chi connectivity index (χ3v) is 3.59. The number of aromatic nitrogens is 2. The van der Waals surface area contributed by atoms with E-state index in [-0.39, 0.29) is 18.7 Å². The topological polar surface area (TPSA) is 75.1 Å². The van der Waals surface area contributed by atoms with Gasteiger partial charge >= 0.3 is 5.69 Å². The van der Waals surface area contributed by atoms with E-state index in [0.717, 1.165) is 15.9 Å². The van der Waals surface area contributed by atoms with E-state index in [4.69, 9.17) is 5.11 Å². The summed E-state index contributed by atoms with van der Waals surface area (Å²) in [5.74, 6) is 0. The summed E-state index contributed by atoms with van der Waals surface area (Å²) in [6.07, 6.45) is 0.834. The number of rotatable bonds is 3. The average molecular weight is 240 g/mol. The first-order valence-corrected chi connectivity index (χ1v) is 5.85. The zero-order valence-electron chi connectivity index (χ0n) is 8.82. The number of thiophene rings is 1. The van der Waals surface area contributed by atoms with Crippen LogP contribution in [0.1, 0.15) is 11.8 Å². The van der Waals surface area contributed by atoms with Crippen LogP contribution in [0.5, 0.6) is 0 Å². The summed E-state index contributed by atoms with van der Waals surface area (Å²) in [7, 11) is 0. The van der Waals surface area contributed by atoms with Crippen LogP contribution in [0.2, 0.25) is 0 Å². The van der Waals surface area contributed by atoms with E-state index in [0.29, 0.717) is 10.2 Å². The summed E-state index contributed by atoms with van der Waals surface area (Å²) in [4.78, 5) is 27.8. The number of fused-ring (bicyclic) bond motifs is 1. The Balaban J connectivity index is 2.76. The lowest BCUT2D eigenvalue weighted by Crippen LogP contribution is -2.35. The number of aliphatic hydroxyl groups is 1. The van der Waals surface area contributed by atoms with Crippen molar-refractivity contribution in [1.29, 1.82) is 0 Å². The van der Waals surface area contributed by atoms with Crippen molar-refractivity contribution in [3.8, 4) is 0 Å². The fourth-order valence-electron chi connectivity index (χ4n) is 1.57. The molecule has 6 heteroatoms. The quantitative estimate of drug-likeness (QED) is 0.810. The largest absolute Gasteiger partial charge is 0.395 e. The van der Waals surface area contributed by atoms with Gasteiger partial charge < -0.3 is 5.11 Å². The summed E-state index contributed by atoms with van der Waals surface area (Å²) >= 11 is 1.42. The van der Waals surface area contributed by atoms with Gasteiger partial charge in [0.2, 0.25) is 0 Å². The van der Waals surface area contributed by atoms with Gasteiger partial charge in [-0.15, -0.1) is 11.3 Å². The molecule has 0 fully saturated rings. The third kappa shape index (κ3) is 1.70. The number of aryl methyl sites for hydroxylation is 1. The standard InChI is InChI=1S/C10H12N2O3S/c1-2-6-5-7-8(16-6)11-10(15)12(3-4-13)9(7)14/h5,13H,2-4H2,1H3,(H,11,15). The summed E-state index contributed by atoms with van der Waals surface area (Å²) in [6, 6.07) is 1.80. The molecule has 0 aliphatic rings. The molecule has 0 radical (unpaired) electrons. The van der Waals surface area contributed by atoms with Crippen molar-refractivity contribution >= 4 is 21.6 Å². The molecule has 2 heterocycles. The van der Waals surface area contributed by atoms with Crippen LogP contribution in [-0.2, 0) is 13.0 Å². The van der Waals surface area contributed by atoms with Gasteiger partial charge in [-0.05, 0) is 12.5 Å². The van der Waals surface area contributed by atoms with Crippen LogP contribution in [0.4, 0.5) is 0 Å². The Kier molecular flexibility index (Phi) is 2.93. The van der Waals surface area contributed by atoms with E-state index in [1.807, 2.05) is 6.92 Å². The van der Waals surface area contributed by atoms with Crippen molar-refractivity contribution < 1.29 is 5.11 Å². The van der Waals surface area contributed by atoms with E-state index in [2.05, 4.69) is 4.98 Å². The van der Waals surface area contributed by atoms with Crippen molar-refractivity contribution in [2.45, 2.75) is 19.9 Å². The number of nitrogens with zero attached hydrogens (tertiary/aromatic N) is 1. The van der Waals surface area contributed by atoms with E-state index in [9.17, 15) is 9.59 Å². The normalized spacial score (nSPS) is 11.1. The Bertz CT molecular complexity index is 623. The summed E-state index contributed by atoms with van der Waals surface area (Å²) < 4.78 is 1.02. The SMILES string of the molecule is CCc1cc2c(=O)n(CCO)c(=O)[nH]c2s1. The molecule has 0 aliphatic carbocycles. The molecule has 2 aromatic heterocycles. The Labute approximate surface area is 95.0 Å². The first-order chi connectivity index (χ1) is 7.67. The first-order valence-electron chi connectivity index (χ1n) is 5.03. The molecular formula is C10H12N2O3S. The highest BCUT2D eigenvalue weighted by Crippen LogP contribution is 2.20. The molecule has 0 saturated carbocycles. The molecular weight excluding hydrogens is 228 g/mol. The highest BCUT2D eigenvalue weighted by molar-refractivity contribution is 7.18. The van der Waals surface area contributed by atoms with Crippen molar-refractivity contribution in [2.75, 3.05) is 6.61 Å². The van der Waals surface area contributed by atoms with Crippen molar-refractivity contribution in [3.05, 3.63) is 31.8 Å². The van der Waals surface area contributed by atoms with E-state index >= 15 is 0 Å². The monoisotopic (exact) mass is 240 g/mol. The van der Waals surface area contributed by atoms with E-state index in [1.165, 1.54) is 11.3 Å². The number of H-pyrrole nitrogens is 1. The maximum absolute atomic E-state index is 11.9. The number of nitrogens with one attached hydrogen (secondary N) is 1. The third-order valence-electron chi connectivity index (χ3n) is 2.40. The van der Waals surface area contributed by atoms with Gasteiger partial charge in [0.25, 0.3) is 5.56 Å². The molecule has 0 saturated heterocycles.